The minimum Gasteiger partial charge on any atom is -0.273 e. The molecule has 2 amide bonds. The summed E-state index contributed by atoms with van der Waals surface area (Å²) in [5, 5.41) is 3.84. The molecular formula is C24H22N2O3. The van der Waals surface area contributed by atoms with Gasteiger partial charge >= 0.3 is 0 Å². The van der Waals surface area contributed by atoms with Gasteiger partial charge in [0.15, 0.2) is 6.10 Å². The van der Waals surface area contributed by atoms with E-state index >= 15 is 0 Å². The summed E-state index contributed by atoms with van der Waals surface area (Å²) in [5.74, 6) is -0.948. The van der Waals surface area contributed by atoms with Crippen LogP contribution >= 0.6 is 0 Å². The van der Waals surface area contributed by atoms with E-state index in [-0.39, 0.29) is 17.9 Å². The molecule has 2 aliphatic heterocycles. The molecule has 5 heteroatoms. The zero-order chi connectivity index (χ0) is 20.0. The summed E-state index contributed by atoms with van der Waals surface area (Å²) in [6, 6.07) is 23.1. The quantitative estimate of drug-likeness (QED) is 0.627. The molecule has 146 valence electrons. The van der Waals surface area contributed by atoms with Gasteiger partial charge < -0.3 is 0 Å². The summed E-state index contributed by atoms with van der Waals surface area (Å²) in [4.78, 5) is 34.0. The highest BCUT2D eigenvalue weighted by atomic mass is 16.7. The largest absolute Gasteiger partial charge is 0.273 e. The Balaban J connectivity index is 1.51. The number of benzene rings is 3. The lowest BCUT2D eigenvalue weighted by molar-refractivity contribution is -0.126. The lowest BCUT2D eigenvalue weighted by Gasteiger charge is -2.28. The second kappa shape index (κ2) is 7.01. The molecule has 0 aliphatic carbocycles. The highest BCUT2D eigenvalue weighted by Crippen LogP contribution is 2.42. The molecule has 5 rings (SSSR count). The van der Waals surface area contributed by atoms with E-state index in [9.17, 15) is 9.59 Å². The van der Waals surface area contributed by atoms with Crippen molar-refractivity contribution in [3.05, 3.63) is 72.8 Å². The molecule has 29 heavy (non-hydrogen) atoms. The zero-order valence-electron chi connectivity index (χ0n) is 16.2. The molecule has 0 saturated carbocycles. The van der Waals surface area contributed by atoms with Crippen LogP contribution < -0.4 is 9.96 Å². The Hall–Kier alpha value is -3.18. The summed E-state index contributed by atoms with van der Waals surface area (Å²) < 4.78 is 0. The van der Waals surface area contributed by atoms with Crippen molar-refractivity contribution >= 4 is 34.0 Å². The van der Waals surface area contributed by atoms with Crippen LogP contribution in [0.25, 0.3) is 10.8 Å². The molecule has 0 radical (unpaired) electrons. The Kier molecular flexibility index (Phi) is 4.32. The maximum absolute atomic E-state index is 13.4. The molecule has 5 nitrogen and oxygen atoms in total. The lowest BCUT2D eigenvalue weighted by atomic mass is 9.93. The van der Waals surface area contributed by atoms with Crippen LogP contribution in [-0.2, 0) is 14.4 Å². The number of hydroxylamine groups is 1. The third-order valence-electron chi connectivity index (χ3n) is 5.82. The van der Waals surface area contributed by atoms with Crippen LogP contribution in [0.5, 0.6) is 0 Å². The van der Waals surface area contributed by atoms with E-state index in [1.165, 1.54) is 4.90 Å². The molecule has 2 aliphatic rings. The van der Waals surface area contributed by atoms with Gasteiger partial charge in [0.25, 0.3) is 5.91 Å². The Morgan fingerprint density at radius 2 is 1.55 bits per heavy atom. The van der Waals surface area contributed by atoms with Gasteiger partial charge in [0, 0.05) is 0 Å². The molecule has 0 aromatic heterocycles. The topological polar surface area (TPSA) is 49.9 Å². The van der Waals surface area contributed by atoms with E-state index in [0.29, 0.717) is 5.69 Å². The number of amides is 2. The number of nitrogens with zero attached hydrogens (tertiary/aromatic N) is 2. The third kappa shape index (κ3) is 2.81. The number of hydrogen-bond acceptors (Lipinski definition) is 4. The van der Waals surface area contributed by atoms with Gasteiger partial charge in [-0.15, -0.1) is 0 Å². The van der Waals surface area contributed by atoms with E-state index in [4.69, 9.17) is 4.84 Å². The first-order valence-corrected chi connectivity index (χ1v) is 10.1. The summed E-state index contributed by atoms with van der Waals surface area (Å²) in [5.41, 5.74) is 1.48. The number of anilines is 2. The molecule has 2 saturated heterocycles. The highest BCUT2D eigenvalue weighted by molar-refractivity contribution is 6.24. The predicted molar refractivity (Wildman–Crippen MR) is 112 cm³/mol. The third-order valence-corrected chi connectivity index (χ3v) is 5.82. The van der Waals surface area contributed by atoms with Crippen molar-refractivity contribution in [3.8, 4) is 0 Å². The van der Waals surface area contributed by atoms with Gasteiger partial charge in [-0.25, -0.2) is 9.96 Å². The van der Waals surface area contributed by atoms with E-state index < -0.39 is 12.0 Å². The monoisotopic (exact) mass is 386 g/mol. The van der Waals surface area contributed by atoms with Gasteiger partial charge in [-0.05, 0) is 41.5 Å². The van der Waals surface area contributed by atoms with Crippen LogP contribution in [0.2, 0.25) is 0 Å². The van der Waals surface area contributed by atoms with Crippen molar-refractivity contribution in [2.75, 3.05) is 9.96 Å². The minimum absolute atomic E-state index is 0.158. The number of hydrogen-bond donors (Lipinski definition) is 0. The lowest BCUT2D eigenvalue weighted by Crippen LogP contribution is -2.40. The van der Waals surface area contributed by atoms with E-state index in [1.54, 1.807) is 5.06 Å². The van der Waals surface area contributed by atoms with Crippen LogP contribution in [0.1, 0.15) is 19.8 Å². The molecule has 3 aromatic rings. The molecule has 2 fully saturated rings. The molecule has 0 bridgehead atoms. The van der Waals surface area contributed by atoms with Gasteiger partial charge in [0.05, 0.1) is 23.3 Å². The fourth-order valence-corrected chi connectivity index (χ4v) is 4.48. The van der Waals surface area contributed by atoms with Gasteiger partial charge in [-0.2, -0.15) is 0 Å². The number of imide groups is 1. The summed E-state index contributed by atoms with van der Waals surface area (Å²) in [6.07, 6.45) is 0.907. The maximum atomic E-state index is 13.4. The number of carbonyl (C=O) groups is 2. The standard InChI is InChI=1S/C24H22N2O3/c1-2-8-20-21-22(29-26(20)18-11-4-3-5-12-18)24(28)25(23(21)27)19-14-13-16-9-6-7-10-17(16)15-19/h3-7,9-15,20-22H,2,8H2,1H3/t20-,21+,22-/m1/s1. The Morgan fingerprint density at radius 1 is 0.828 bits per heavy atom. The van der Waals surface area contributed by atoms with Crippen molar-refractivity contribution < 1.29 is 14.4 Å². The average Bonchev–Trinajstić information content (AvgIpc) is 3.24. The van der Waals surface area contributed by atoms with Crippen molar-refractivity contribution in [2.24, 2.45) is 5.92 Å². The first-order chi connectivity index (χ1) is 14.2. The molecule has 0 spiro atoms. The van der Waals surface area contributed by atoms with Crippen molar-refractivity contribution in [1.82, 2.24) is 0 Å². The second-order valence-corrected chi connectivity index (χ2v) is 7.61. The fraction of sp³-hybridized carbons (Fsp3) is 0.250. The van der Waals surface area contributed by atoms with Crippen LogP contribution in [0, 0.1) is 5.92 Å². The zero-order valence-corrected chi connectivity index (χ0v) is 16.2. The van der Waals surface area contributed by atoms with Crippen molar-refractivity contribution in [1.29, 1.82) is 0 Å². The SMILES string of the molecule is CCC[C@@H]1[C@@H]2C(=O)N(c3ccc4ccccc4c3)C(=O)[C@@H]2ON1c1ccccc1. The van der Waals surface area contributed by atoms with Crippen LogP contribution in [0.4, 0.5) is 11.4 Å². The Morgan fingerprint density at radius 3 is 2.31 bits per heavy atom. The molecule has 2 heterocycles. The van der Waals surface area contributed by atoms with Crippen molar-refractivity contribution in [3.63, 3.8) is 0 Å². The highest BCUT2D eigenvalue weighted by Gasteiger charge is 2.59. The van der Waals surface area contributed by atoms with E-state index in [1.807, 2.05) is 72.8 Å². The number of para-hydroxylation sites is 1. The number of carbonyl (C=O) groups excluding carboxylic acids is 2. The molecule has 3 aromatic carbocycles. The summed E-state index contributed by atoms with van der Waals surface area (Å²) in [7, 11) is 0. The predicted octanol–water partition coefficient (Wildman–Crippen LogP) is 4.32. The van der Waals surface area contributed by atoms with Gasteiger partial charge in [0.1, 0.15) is 0 Å². The first kappa shape index (κ1) is 17.9. The Labute approximate surface area is 169 Å². The van der Waals surface area contributed by atoms with Gasteiger partial charge in [-0.3, -0.25) is 14.4 Å². The first-order valence-electron chi connectivity index (χ1n) is 10.1. The summed E-state index contributed by atoms with van der Waals surface area (Å²) >= 11 is 0. The van der Waals surface area contributed by atoms with E-state index in [0.717, 1.165) is 29.3 Å². The average molecular weight is 386 g/mol. The Bertz CT molecular complexity index is 1080. The smallest absolute Gasteiger partial charge is 0.266 e. The van der Waals surface area contributed by atoms with Crippen LogP contribution in [0.3, 0.4) is 0 Å². The van der Waals surface area contributed by atoms with Crippen LogP contribution in [0.15, 0.2) is 72.8 Å². The number of rotatable bonds is 4. The molecule has 3 atom stereocenters. The molecular weight excluding hydrogens is 364 g/mol. The molecule has 0 N–H and O–H groups in total. The molecule has 0 unspecified atom stereocenters. The minimum atomic E-state index is -0.772. The van der Waals surface area contributed by atoms with Crippen LogP contribution in [-0.4, -0.2) is 24.0 Å². The van der Waals surface area contributed by atoms with Gasteiger partial charge in [0.2, 0.25) is 5.91 Å². The number of fused-ring (bicyclic) bond motifs is 2. The fourth-order valence-electron chi connectivity index (χ4n) is 4.48. The second-order valence-electron chi connectivity index (χ2n) is 7.61. The van der Waals surface area contributed by atoms with Crippen molar-refractivity contribution in [2.45, 2.75) is 31.9 Å². The maximum Gasteiger partial charge on any atom is 0.266 e. The normalized spacial score (nSPS) is 23.8. The summed E-state index contributed by atoms with van der Waals surface area (Å²) in [6.45, 7) is 2.08. The van der Waals surface area contributed by atoms with E-state index in [2.05, 4.69) is 6.92 Å². The van der Waals surface area contributed by atoms with Gasteiger partial charge in [-0.1, -0.05) is 61.9 Å².